The van der Waals surface area contributed by atoms with E-state index in [4.69, 9.17) is 0 Å². The van der Waals surface area contributed by atoms with Crippen molar-refractivity contribution >= 4 is 36.8 Å². The summed E-state index contributed by atoms with van der Waals surface area (Å²) in [6.45, 7) is 7.66. The molecule has 0 amide bonds. The van der Waals surface area contributed by atoms with Crippen LogP contribution in [0.1, 0.15) is 36.4 Å². The van der Waals surface area contributed by atoms with Crippen molar-refractivity contribution in [3.05, 3.63) is 101 Å². The first-order valence-electron chi connectivity index (χ1n) is 9.98. The molecule has 2 aliphatic carbocycles. The van der Waals surface area contributed by atoms with Crippen LogP contribution in [0.25, 0.3) is 17.2 Å². The van der Waals surface area contributed by atoms with Gasteiger partial charge in [-0.1, -0.05) is 0 Å². The molecule has 5 rings (SSSR count). The summed E-state index contributed by atoms with van der Waals surface area (Å²) in [6, 6.07) is 27.7. The van der Waals surface area contributed by atoms with Crippen LogP contribution in [0.2, 0.25) is 13.1 Å². The van der Waals surface area contributed by atoms with Crippen LogP contribution in [0.4, 0.5) is 0 Å². The van der Waals surface area contributed by atoms with E-state index in [-0.39, 0.29) is 24.8 Å². The second-order valence-electron chi connectivity index (χ2n) is 8.21. The summed E-state index contributed by atoms with van der Waals surface area (Å²) in [6.07, 6.45) is 2.48. The molecule has 0 N–H and O–H groups in total. The van der Waals surface area contributed by atoms with Gasteiger partial charge in [0.25, 0.3) is 0 Å². The van der Waals surface area contributed by atoms with Gasteiger partial charge in [-0.3, -0.25) is 0 Å². The van der Waals surface area contributed by atoms with Gasteiger partial charge >= 0.3 is 172 Å². The number of rotatable bonds is 3. The van der Waals surface area contributed by atoms with E-state index >= 15 is 0 Å². The average Bonchev–Trinajstić information content (AvgIpc) is 3.18. The molecule has 2 aliphatic rings. The van der Waals surface area contributed by atoms with Crippen LogP contribution in [-0.4, -0.2) is 5.92 Å². The predicted octanol–water partition coefficient (Wildman–Crippen LogP) is 7.36. The van der Waals surface area contributed by atoms with Crippen LogP contribution in [-0.2, 0) is 20.9 Å². The first kappa shape index (κ1) is 22.8. The van der Waals surface area contributed by atoms with E-state index in [1.165, 1.54) is 16.7 Å². The Morgan fingerprint density at radius 1 is 0.655 bits per heavy atom. The molecule has 0 fully saturated rings. The van der Waals surface area contributed by atoms with Gasteiger partial charge in [0.2, 0.25) is 0 Å². The molecule has 0 bridgehead atoms. The second kappa shape index (κ2) is 9.06. The first-order chi connectivity index (χ1) is 13.2. The van der Waals surface area contributed by atoms with Gasteiger partial charge in [0.1, 0.15) is 0 Å². The number of halogens is 2. The summed E-state index contributed by atoms with van der Waals surface area (Å²) in [5.41, 5.74) is 11.0. The number of allylic oxidation sites excluding steroid dienone is 1. The van der Waals surface area contributed by atoms with E-state index in [1.54, 1.807) is 22.3 Å². The summed E-state index contributed by atoms with van der Waals surface area (Å²) in [5, 5.41) is 0. The Kier molecular flexibility index (Phi) is 7.11. The van der Waals surface area contributed by atoms with E-state index in [0.717, 1.165) is 3.63 Å². The molecule has 29 heavy (non-hydrogen) atoms. The molecule has 0 radical (unpaired) electrons. The van der Waals surface area contributed by atoms with Gasteiger partial charge in [0, 0.05) is 0 Å². The number of fused-ring (bicyclic) bond motifs is 4. The molecule has 1 atom stereocenters. The molecule has 0 aliphatic heterocycles. The second-order valence-corrected chi connectivity index (χ2v) is 28.3. The zero-order chi connectivity index (χ0) is 18.5. The maximum Gasteiger partial charge on any atom is -0.147 e. The van der Waals surface area contributed by atoms with Crippen molar-refractivity contribution in [3.63, 3.8) is 0 Å². The molecule has 0 saturated carbocycles. The van der Waals surface area contributed by atoms with Gasteiger partial charge in [-0.25, -0.2) is 0 Å². The Morgan fingerprint density at radius 3 is 1.69 bits per heavy atom. The van der Waals surface area contributed by atoms with Gasteiger partial charge in [-0.2, -0.15) is 0 Å². The molecule has 0 saturated heterocycles. The smallest absolute Gasteiger partial charge is 0.147 e. The van der Waals surface area contributed by atoms with Crippen molar-refractivity contribution in [3.8, 4) is 11.1 Å². The molecule has 149 valence electrons. The van der Waals surface area contributed by atoms with Gasteiger partial charge < -0.3 is 0 Å². The molecule has 0 heterocycles. The third-order valence-electron chi connectivity index (χ3n) is 6.31. The zero-order valence-corrected chi connectivity index (χ0v) is 22.3. The van der Waals surface area contributed by atoms with E-state index in [1.807, 2.05) is 0 Å². The standard InChI is InChI=1S/C13H9.C10H9.C2H7Si.2ClH.Zr/c1-3-7-12-10(5-1)9-11-6-2-4-8-13(11)12;1-8-6-9-4-2-3-5-10(9)7-8;1-3-2;;;/h1-9H;2-7H,1H3;3H,1-2H3;2*1H;. The fourth-order valence-corrected chi connectivity index (χ4v) is 28.0. The minimum Gasteiger partial charge on any atom is -0.147 e. The van der Waals surface area contributed by atoms with Crippen LogP contribution in [0.15, 0.2) is 78.4 Å². The topological polar surface area (TPSA) is 0 Å². The quantitative estimate of drug-likeness (QED) is 0.319. The van der Waals surface area contributed by atoms with Crippen LogP contribution in [0.3, 0.4) is 0 Å². The number of hydrogen-bond donors (Lipinski definition) is 0. The molecule has 4 heteroatoms. The van der Waals surface area contributed by atoms with E-state index in [9.17, 15) is 0 Å². The van der Waals surface area contributed by atoms with Crippen molar-refractivity contribution < 1.29 is 20.9 Å². The first-order valence-corrected chi connectivity index (χ1v) is 20.0. The number of benzene rings is 3. The molecule has 0 nitrogen and oxygen atoms in total. The van der Waals surface area contributed by atoms with Crippen molar-refractivity contribution in [2.45, 2.75) is 27.3 Å². The normalized spacial score (nSPS) is 16.3. The van der Waals surface area contributed by atoms with Crippen LogP contribution in [0, 0.1) is 0 Å². The maximum atomic E-state index is 2.63. The van der Waals surface area contributed by atoms with Gasteiger partial charge in [0.05, 0.1) is 0 Å². The van der Waals surface area contributed by atoms with E-state index in [2.05, 4.69) is 98.9 Å². The Morgan fingerprint density at radius 2 is 1.14 bits per heavy atom. The maximum absolute atomic E-state index is 2.63. The van der Waals surface area contributed by atoms with Crippen LogP contribution < -0.4 is 0 Å². The Hall–Kier alpha value is -0.920. The average molecular weight is 518 g/mol. The molecular weight excluding hydrogens is 490 g/mol. The molecule has 0 spiro atoms. The molecule has 3 aromatic rings. The largest absolute Gasteiger partial charge is 0.147 e. The van der Waals surface area contributed by atoms with Crippen molar-refractivity contribution in [1.29, 1.82) is 0 Å². The van der Waals surface area contributed by atoms with E-state index in [0.29, 0.717) is 3.63 Å². The Balaban J connectivity index is 0.00000120. The Bertz CT molecular complexity index is 1010. The zero-order valence-electron chi connectivity index (χ0n) is 17.1. The summed E-state index contributed by atoms with van der Waals surface area (Å²) in [7, 11) is 0. The van der Waals surface area contributed by atoms with Gasteiger partial charge in [-0.15, -0.1) is 24.8 Å². The van der Waals surface area contributed by atoms with E-state index < -0.39 is 26.8 Å². The summed E-state index contributed by atoms with van der Waals surface area (Å²) >= 11 is -1.86. The van der Waals surface area contributed by atoms with Gasteiger partial charge in [0.15, 0.2) is 0 Å². The van der Waals surface area contributed by atoms with Crippen LogP contribution in [0.5, 0.6) is 0 Å². The number of hydrogen-bond acceptors (Lipinski definition) is 0. The van der Waals surface area contributed by atoms with Gasteiger partial charge in [-0.05, 0) is 0 Å². The molecular formula is C25H27Cl2SiZr. The molecule has 0 aromatic heterocycles. The fourth-order valence-electron chi connectivity index (χ4n) is 5.27. The minimum atomic E-state index is -1.86. The van der Waals surface area contributed by atoms with Crippen molar-refractivity contribution in [1.82, 2.24) is 0 Å². The van der Waals surface area contributed by atoms with Crippen molar-refractivity contribution in [2.24, 2.45) is 0 Å². The molecule has 3 aromatic carbocycles. The van der Waals surface area contributed by atoms with Crippen LogP contribution >= 0.6 is 24.8 Å². The summed E-state index contributed by atoms with van der Waals surface area (Å²) < 4.78 is 1.46. The molecule has 1 unspecified atom stereocenters. The fraction of sp³-hybridized carbons (Fsp3) is 0.200. The SMILES string of the molecule is CC1=Cc2ccccc2[CH]1[Zr]([CH]1c2ccccc2-c2ccccc21)[SiH](C)C.Cl.Cl. The Labute approximate surface area is 195 Å². The minimum absolute atomic E-state index is 0. The third-order valence-corrected chi connectivity index (χ3v) is 28.1. The monoisotopic (exact) mass is 515 g/mol. The predicted molar refractivity (Wildman–Crippen MR) is 130 cm³/mol. The summed E-state index contributed by atoms with van der Waals surface area (Å²) in [5.74, 6) is -0.751. The third kappa shape index (κ3) is 3.68. The summed E-state index contributed by atoms with van der Waals surface area (Å²) in [4.78, 5) is 0. The van der Waals surface area contributed by atoms with Crippen molar-refractivity contribution in [2.75, 3.05) is 0 Å².